The van der Waals surface area contributed by atoms with Crippen LogP contribution in [0, 0.1) is 0 Å². The van der Waals surface area contributed by atoms with Crippen LogP contribution in [0.3, 0.4) is 0 Å². The number of methoxy groups -OCH3 is 1. The molecule has 0 saturated heterocycles. The molecule has 3 aromatic rings. The van der Waals surface area contributed by atoms with Gasteiger partial charge < -0.3 is 24.3 Å². The van der Waals surface area contributed by atoms with Crippen LogP contribution in [0.2, 0.25) is 0 Å². The van der Waals surface area contributed by atoms with Crippen molar-refractivity contribution in [3.05, 3.63) is 64.4 Å². The van der Waals surface area contributed by atoms with E-state index in [4.69, 9.17) is 18.9 Å². The molecule has 2 aromatic carbocycles. The maximum atomic E-state index is 12.9. The molecule has 0 bridgehead atoms. The summed E-state index contributed by atoms with van der Waals surface area (Å²) < 4.78 is 23.6. The lowest BCUT2D eigenvalue weighted by Gasteiger charge is -2.17. The number of amides is 1. The molecule has 0 spiro atoms. The largest absolute Gasteiger partial charge is 0.497 e. The van der Waals surface area contributed by atoms with Crippen molar-refractivity contribution in [3.63, 3.8) is 0 Å². The molecule has 0 radical (unpaired) electrons. The van der Waals surface area contributed by atoms with Gasteiger partial charge in [-0.15, -0.1) is 0 Å². The average Bonchev–Trinajstić information content (AvgIpc) is 2.87. The summed E-state index contributed by atoms with van der Waals surface area (Å²) in [5.41, 5.74) is 1.61. The molecule has 0 aliphatic rings. The number of benzene rings is 2. The highest BCUT2D eigenvalue weighted by molar-refractivity contribution is 5.95. The summed E-state index contributed by atoms with van der Waals surface area (Å²) in [6.07, 6.45) is 0. The van der Waals surface area contributed by atoms with Gasteiger partial charge in [0.05, 0.1) is 39.2 Å². The van der Waals surface area contributed by atoms with Gasteiger partial charge in [0.2, 0.25) is 5.75 Å². The summed E-state index contributed by atoms with van der Waals surface area (Å²) in [5.74, 6) is 1.76. The van der Waals surface area contributed by atoms with Gasteiger partial charge in [0.15, 0.2) is 11.5 Å². The van der Waals surface area contributed by atoms with Gasteiger partial charge in [-0.2, -0.15) is 5.10 Å². The molecule has 0 saturated carbocycles. The van der Waals surface area contributed by atoms with Crippen LogP contribution in [0.5, 0.6) is 23.0 Å². The summed E-state index contributed by atoms with van der Waals surface area (Å²) in [7, 11) is 1.60. The molecule has 0 aliphatic carbocycles. The number of carbonyl (C=O) groups excluding carboxylic acids is 1. The molecular weight excluding hydrogens is 450 g/mol. The minimum atomic E-state index is -0.325. The Balaban J connectivity index is 1.73. The van der Waals surface area contributed by atoms with Gasteiger partial charge in [-0.1, -0.05) is 0 Å². The van der Waals surface area contributed by atoms with E-state index in [0.29, 0.717) is 48.3 Å². The highest BCUT2D eigenvalue weighted by Crippen LogP contribution is 2.39. The summed E-state index contributed by atoms with van der Waals surface area (Å²) in [5, 5.41) is 7.26. The first kappa shape index (κ1) is 25.6. The summed E-state index contributed by atoms with van der Waals surface area (Å²) in [4.78, 5) is 25.2. The quantitative estimate of drug-likeness (QED) is 0.422. The second-order valence-electron chi connectivity index (χ2n) is 7.37. The van der Waals surface area contributed by atoms with E-state index in [-0.39, 0.29) is 24.6 Å². The lowest BCUT2D eigenvalue weighted by molar-refractivity contribution is 0.0950. The predicted molar refractivity (Wildman–Crippen MR) is 133 cm³/mol. The maximum Gasteiger partial charge on any atom is 0.266 e. The molecule has 1 N–H and O–H groups in total. The monoisotopic (exact) mass is 481 g/mol. The number of nitrogens with zero attached hydrogens (tertiary/aromatic N) is 2. The number of rotatable bonds is 12. The predicted octanol–water partition coefficient (Wildman–Crippen LogP) is 3.55. The van der Waals surface area contributed by atoms with E-state index in [9.17, 15) is 9.59 Å². The van der Waals surface area contributed by atoms with Gasteiger partial charge in [0.25, 0.3) is 11.5 Å². The summed E-state index contributed by atoms with van der Waals surface area (Å²) in [6, 6.07) is 13.8. The fourth-order valence-corrected chi connectivity index (χ4v) is 3.42. The van der Waals surface area contributed by atoms with Crippen LogP contribution < -0.4 is 29.8 Å². The van der Waals surface area contributed by atoms with Gasteiger partial charge >= 0.3 is 0 Å². The first-order chi connectivity index (χ1) is 17.0. The molecule has 0 aliphatic heterocycles. The van der Waals surface area contributed by atoms with Crippen LogP contribution in [0.1, 0.15) is 31.1 Å². The third-order valence-electron chi connectivity index (χ3n) is 5.03. The van der Waals surface area contributed by atoms with Gasteiger partial charge in [-0.25, -0.2) is 4.68 Å². The zero-order valence-electron chi connectivity index (χ0n) is 20.5. The fraction of sp³-hybridized carbons (Fsp3) is 0.346. The molecule has 0 fully saturated rings. The van der Waals surface area contributed by atoms with Crippen molar-refractivity contribution in [2.75, 3.05) is 33.5 Å². The maximum absolute atomic E-state index is 12.9. The molecule has 9 heteroatoms. The molecule has 0 unspecified atom stereocenters. The normalized spacial score (nSPS) is 10.5. The Labute approximate surface area is 204 Å². The van der Waals surface area contributed by atoms with E-state index in [2.05, 4.69) is 10.4 Å². The Morgan fingerprint density at radius 3 is 2.11 bits per heavy atom. The molecule has 186 valence electrons. The Morgan fingerprint density at radius 2 is 1.54 bits per heavy atom. The number of aromatic nitrogens is 2. The van der Waals surface area contributed by atoms with Gasteiger partial charge in [-0.05, 0) is 63.2 Å². The lowest BCUT2D eigenvalue weighted by atomic mass is 10.1. The Hall–Kier alpha value is -4.01. The van der Waals surface area contributed by atoms with Crippen molar-refractivity contribution >= 4 is 5.91 Å². The number of hydrogen-bond donors (Lipinski definition) is 1. The van der Waals surface area contributed by atoms with E-state index < -0.39 is 0 Å². The molecule has 3 rings (SSSR count). The standard InChI is InChI=1S/C26H31N3O6/c1-5-33-22-16-19(17-23(34-6-2)25(22)35-7-3)26(31)27-14-15-29-24(30)13-12-21(28-29)18-8-10-20(32-4)11-9-18/h8-13,16-17H,5-7,14-15H2,1-4H3,(H,27,31). The zero-order valence-corrected chi connectivity index (χ0v) is 20.5. The molecular formula is C26H31N3O6. The van der Waals surface area contributed by atoms with E-state index in [1.165, 1.54) is 10.7 Å². The molecule has 1 heterocycles. The number of hydrogen-bond acceptors (Lipinski definition) is 7. The van der Waals surface area contributed by atoms with Gasteiger partial charge in [0, 0.05) is 23.7 Å². The van der Waals surface area contributed by atoms with Gasteiger partial charge in [0.1, 0.15) is 5.75 Å². The number of carbonyl (C=O) groups is 1. The third-order valence-corrected chi connectivity index (χ3v) is 5.03. The third kappa shape index (κ3) is 6.53. The first-order valence-electron chi connectivity index (χ1n) is 11.6. The minimum Gasteiger partial charge on any atom is -0.497 e. The molecule has 0 atom stereocenters. The topological polar surface area (TPSA) is 101 Å². The van der Waals surface area contributed by atoms with Crippen molar-refractivity contribution < 1.29 is 23.7 Å². The van der Waals surface area contributed by atoms with E-state index >= 15 is 0 Å². The molecule has 35 heavy (non-hydrogen) atoms. The van der Waals surface area contributed by atoms with Crippen LogP contribution in [-0.2, 0) is 6.54 Å². The Kier molecular flexibility index (Phi) is 9.11. The van der Waals surface area contributed by atoms with Crippen LogP contribution in [-0.4, -0.2) is 49.2 Å². The summed E-state index contributed by atoms with van der Waals surface area (Å²) >= 11 is 0. The molecule has 1 amide bonds. The lowest BCUT2D eigenvalue weighted by Crippen LogP contribution is -2.32. The Bertz CT molecular complexity index is 1160. The molecule has 1 aromatic heterocycles. The summed E-state index contributed by atoms with van der Waals surface area (Å²) in [6.45, 7) is 7.25. The number of ether oxygens (including phenoxy) is 4. The minimum absolute atomic E-state index is 0.207. The van der Waals surface area contributed by atoms with Crippen LogP contribution in [0.25, 0.3) is 11.3 Å². The zero-order chi connectivity index (χ0) is 25.2. The Morgan fingerprint density at radius 1 is 0.914 bits per heavy atom. The van der Waals surface area contributed by atoms with Crippen LogP contribution >= 0.6 is 0 Å². The van der Waals surface area contributed by atoms with Crippen LogP contribution in [0.4, 0.5) is 0 Å². The van der Waals surface area contributed by atoms with E-state index in [1.54, 1.807) is 25.3 Å². The number of nitrogens with one attached hydrogen (secondary N) is 1. The highest BCUT2D eigenvalue weighted by atomic mass is 16.5. The van der Waals surface area contributed by atoms with Crippen molar-refractivity contribution in [1.29, 1.82) is 0 Å². The van der Waals surface area contributed by atoms with E-state index in [0.717, 1.165) is 11.3 Å². The average molecular weight is 482 g/mol. The van der Waals surface area contributed by atoms with Gasteiger partial charge in [-0.3, -0.25) is 9.59 Å². The second kappa shape index (κ2) is 12.5. The second-order valence-corrected chi connectivity index (χ2v) is 7.37. The molecule has 9 nitrogen and oxygen atoms in total. The van der Waals surface area contributed by atoms with Crippen LogP contribution in [0.15, 0.2) is 53.3 Å². The van der Waals surface area contributed by atoms with Crippen molar-refractivity contribution in [3.8, 4) is 34.3 Å². The SMILES string of the molecule is CCOc1cc(C(=O)NCCn2nc(-c3ccc(OC)cc3)ccc2=O)cc(OCC)c1OCC. The van der Waals surface area contributed by atoms with Crippen molar-refractivity contribution in [1.82, 2.24) is 15.1 Å². The first-order valence-corrected chi connectivity index (χ1v) is 11.6. The van der Waals surface area contributed by atoms with Crippen molar-refractivity contribution in [2.24, 2.45) is 0 Å². The fourth-order valence-electron chi connectivity index (χ4n) is 3.42. The smallest absolute Gasteiger partial charge is 0.266 e. The highest BCUT2D eigenvalue weighted by Gasteiger charge is 2.18. The van der Waals surface area contributed by atoms with E-state index in [1.807, 2.05) is 45.0 Å². The van der Waals surface area contributed by atoms with Crippen molar-refractivity contribution in [2.45, 2.75) is 27.3 Å².